The first-order valence-electron chi connectivity index (χ1n) is 7.76. The van der Waals surface area contributed by atoms with E-state index in [-0.39, 0.29) is 28.6 Å². The summed E-state index contributed by atoms with van der Waals surface area (Å²) in [6.45, 7) is 3.92. The van der Waals surface area contributed by atoms with Gasteiger partial charge in [0.2, 0.25) is 10.0 Å². The summed E-state index contributed by atoms with van der Waals surface area (Å²) in [6.07, 6.45) is 0. The molecule has 0 aromatic heterocycles. The molecule has 1 N–H and O–H groups in total. The average Bonchev–Trinajstić information content (AvgIpc) is 2.59. The van der Waals surface area contributed by atoms with Crippen molar-refractivity contribution in [3.63, 3.8) is 0 Å². The second-order valence-corrected chi connectivity index (χ2v) is 8.07. The molecule has 0 heterocycles. The number of benzene rings is 2. The third-order valence-electron chi connectivity index (χ3n) is 3.70. The van der Waals surface area contributed by atoms with E-state index in [1.807, 2.05) is 0 Å². The number of nitrogens with one attached hydrogen (secondary N) is 1. The predicted molar refractivity (Wildman–Crippen MR) is 101 cm³/mol. The summed E-state index contributed by atoms with van der Waals surface area (Å²) in [5.74, 6) is -1.63. The fourth-order valence-electron chi connectivity index (χ4n) is 2.32. The molecule has 0 saturated carbocycles. The summed E-state index contributed by atoms with van der Waals surface area (Å²) in [7, 11) is -3.81. The van der Waals surface area contributed by atoms with E-state index in [0.29, 0.717) is 10.7 Å². The molecule has 26 heavy (non-hydrogen) atoms. The van der Waals surface area contributed by atoms with Crippen molar-refractivity contribution in [2.24, 2.45) is 0 Å². The molecule has 0 saturated heterocycles. The lowest BCUT2D eigenvalue weighted by atomic mass is 10.2. The monoisotopic (exact) mass is 418 g/mol. The molecule has 0 aliphatic rings. The van der Waals surface area contributed by atoms with Crippen LogP contribution in [0.25, 0.3) is 0 Å². The van der Waals surface area contributed by atoms with Crippen LogP contribution in [0.5, 0.6) is 0 Å². The lowest BCUT2D eigenvalue weighted by Gasteiger charge is -2.19. The van der Waals surface area contributed by atoms with Crippen molar-refractivity contribution < 1.29 is 17.6 Å². The number of carbonyl (C=O) groups excluding carboxylic acids is 1. The van der Waals surface area contributed by atoms with E-state index in [1.165, 1.54) is 22.5 Å². The maximum Gasteiger partial charge on any atom is 0.258 e. The highest BCUT2D eigenvalue weighted by molar-refractivity contribution is 7.89. The van der Waals surface area contributed by atoms with Gasteiger partial charge in [-0.05, 0) is 36.4 Å². The van der Waals surface area contributed by atoms with Crippen LogP contribution >= 0.6 is 23.2 Å². The summed E-state index contributed by atoms with van der Waals surface area (Å²) >= 11 is 11.7. The van der Waals surface area contributed by atoms with Crippen molar-refractivity contribution in [2.75, 3.05) is 18.4 Å². The number of sulfonamides is 1. The Labute approximate surface area is 161 Å². The minimum atomic E-state index is -3.81. The minimum Gasteiger partial charge on any atom is -0.322 e. The van der Waals surface area contributed by atoms with Gasteiger partial charge in [-0.2, -0.15) is 4.31 Å². The molecule has 1 amide bonds. The summed E-state index contributed by atoms with van der Waals surface area (Å²) in [5, 5.41) is 3.01. The van der Waals surface area contributed by atoms with Gasteiger partial charge in [-0.25, -0.2) is 12.8 Å². The molecule has 0 unspecified atom stereocenters. The van der Waals surface area contributed by atoms with E-state index in [2.05, 4.69) is 5.32 Å². The van der Waals surface area contributed by atoms with Crippen LogP contribution in [0.15, 0.2) is 41.3 Å². The van der Waals surface area contributed by atoms with E-state index in [1.54, 1.807) is 13.8 Å². The lowest BCUT2D eigenvalue weighted by Crippen LogP contribution is -2.31. The van der Waals surface area contributed by atoms with Crippen molar-refractivity contribution in [3.8, 4) is 0 Å². The molecule has 9 heteroatoms. The first-order valence-corrected chi connectivity index (χ1v) is 9.96. The zero-order valence-electron chi connectivity index (χ0n) is 14.1. The van der Waals surface area contributed by atoms with Crippen molar-refractivity contribution in [2.45, 2.75) is 18.7 Å². The third-order valence-corrected chi connectivity index (χ3v) is 6.49. The molecule has 2 aromatic rings. The Balaban J connectivity index is 2.37. The topological polar surface area (TPSA) is 66.5 Å². The molecular formula is C17H17Cl2FN2O3S. The molecule has 140 valence electrons. The maximum absolute atomic E-state index is 14.1. The molecule has 0 aliphatic heterocycles. The Bertz CT molecular complexity index is 932. The number of hydrogen-bond donors (Lipinski definition) is 1. The summed E-state index contributed by atoms with van der Waals surface area (Å²) < 4.78 is 40.4. The Kier molecular flexibility index (Phi) is 6.63. The van der Waals surface area contributed by atoms with Crippen molar-refractivity contribution in [1.82, 2.24) is 4.31 Å². The van der Waals surface area contributed by atoms with Gasteiger partial charge < -0.3 is 5.32 Å². The van der Waals surface area contributed by atoms with Crippen molar-refractivity contribution in [3.05, 3.63) is 57.8 Å². The van der Waals surface area contributed by atoms with Gasteiger partial charge in [0.15, 0.2) is 0 Å². The SMILES string of the molecule is CCN(CC)S(=O)(=O)c1ccc(F)c(C(=O)Nc2ccc(Cl)c(Cl)c2)c1. The predicted octanol–water partition coefficient (Wildman–Crippen LogP) is 4.42. The molecule has 2 rings (SSSR count). The summed E-state index contributed by atoms with van der Waals surface area (Å²) in [6, 6.07) is 7.52. The highest BCUT2D eigenvalue weighted by Crippen LogP contribution is 2.26. The van der Waals surface area contributed by atoms with Crippen molar-refractivity contribution in [1.29, 1.82) is 0 Å². The van der Waals surface area contributed by atoms with Gasteiger partial charge in [-0.15, -0.1) is 0 Å². The number of halogens is 3. The summed E-state index contributed by atoms with van der Waals surface area (Å²) in [4.78, 5) is 12.2. The molecule has 0 aliphatic carbocycles. The molecule has 0 atom stereocenters. The Hall–Kier alpha value is -1.67. The lowest BCUT2D eigenvalue weighted by molar-refractivity contribution is 0.102. The zero-order chi connectivity index (χ0) is 19.5. The number of anilines is 1. The van der Waals surface area contributed by atoms with Crippen LogP contribution in [-0.4, -0.2) is 31.7 Å². The molecule has 0 fully saturated rings. The fraction of sp³-hybridized carbons (Fsp3) is 0.235. The molecule has 5 nitrogen and oxygen atoms in total. The molecular weight excluding hydrogens is 402 g/mol. The van der Waals surface area contributed by atoms with Gasteiger partial charge in [0.05, 0.1) is 20.5 Å². The van der Waals surface area contributed by atoms with Gasteiger partial charge in [-0.1, -0.05) is 37.0 Å². The average molecular weight is 419 g/mol. The molecule has 0 spiro atoms. The standard InChI is InChI=1S/C17H17Cl2FN2O3S/c1-3-22(4-2)26(24,25)12-6-8-16(20)13(10-12)17(23)21-11-5-7-14(18)15(19)9-11/h5-10H,3-4H2,1-2H3,(H,21,23). The minimum absolute atomic E-state index is 0.151. The normalized spacial score (nSPS) is 11.6. The number of amides is 1. The number of nitrogens with zero attached hydrogens (tertiary/aromatic N) is 1. The smallest absolute Gasteiger partial charge is 0.258 e. The van der Waals surface area contributed by atoms with Gasteiger partial charge in [-0.3, -0.25) is 4.79 Å². The van der Waals surface area contributed by atoms with Crippen LogP contribution in [0.2, 0.25) is 10.0 Å². The van der Waals surface area contributed by atoms with Crippen LogP contribution in [0.4, 0.5) is 10.1 Å². The molecule has 0 radical (unpaired) electrons. The molecule has 2 aromatic carbocycles. The highest BCUT2D eigenvalue weighted by atomic mass is 35.5. The van der Waals surface area contributed by atoms with Gasteiger partial charge in [0, 0.05) is 18.8 Å². The number of carbonyl (C=O) groups is 1. The summed E-state index contributed by atoms with van der Waals surface area (Å²) in [5.41, 5.74) is -0.0786. The van der Waals surface area contributed by atoms with E-state index >= 15 is 0 Å². The van der Waals surface area contributed by atoms with E-state index in [9.17, 15) is 17.6 Å². The second-order valence-electron chi connectivity index (χ2n) is 5.31. The van der Waals surface area contributed by atoms with Crippen LogP contribution in [0.1, 0.15) is 24.2 Å². The van der Waals surface area contributed by atoms with E-state index in [0.717, 1.165) is 18.2 Å². The number of rotatable bonds is 6. The van der Waals surface area contributed by atoms with E-state index in [4.69, 9.17) is 23.2 Å². The quantitative estimate of drug-likeness (QED) is 0.754. The fourth-order valence-corrected chi connectivity index (χ4v) is 4.11. The first kappa shape index (κ1) is 20.6. The first-order chi connectivity index (χ1) is 12.2. The van der Waals surface area contributed by atoms with Crippen LogP contribution in [-0.2, 0) is 10.0 Å². The largest absolute Gasteiger partial charge is 0.322 e. The molecule has 0 bridgehead atoms. The second kappa shape index (κ2) is 8.35. The van der Waals surface area contributed by atoms with Crippen LogP contribution < -0.4 is 5.32 Å². The van der Waals surface area contributed by atoms with Gasteiger partial charge >= 0.3 is 0 Å². The Morgan fingerprint density at radius 2 is 1.73 bits per heavy atom. The van der Waals surface area contributed by atoms with Crippen LogP contribution in [0.3, 0.4) is 0 Å². The van der Waals surface area contributed by atoms with Crippen molar-refractivity contribution >= 4 is 44.8 Å². The number of hydrogen-bond acceptors (Lipinski definition) is 3. The highest BCUT2D eigenvalue weighted by Gasteiger charge is 2.24. The van der Waals surface area contributed by atoms with Gasteiger partial charge in [0.25, 0.3) is 5.91 Å². The Morgan fingerprint density at radius 1 is 1.08 bits per heavy atom. The zero-order valence-corrected chi connectivity index (χ0v) is 16.4. The van der Waals surface area contributed by atoms with Crippen LogP contribution in [0, 0.1) is 5.82 Å². The van der Waals surface area contributed by atoms with Gasteiger partial charge in [0.1, 0.15) is 5.82 Å². The van der Waals surface area contributed by atoms with E-state index < -0.39 is 21.7 Å². The maximum atomic E-state index is 14.1. The third kappa shape index (κ3) is 4.35. The Morgan fingerprint density at radius 3 is 2.31 bits per heavy atom.